The second-order valence-corrected chi connectivity index (χ2v) is 7.72. The molecule has 3 N–H and O–H groups in total. The van der Waals surface area contributed by atoms with Gasteiger partial charge in [-0.2, -0.15) is 0 Å². The highest BCUT2D eigenvalue weighted by Gasteiger charge is 2.22. The Balaban J connectivity index is 1.65. The number of carbonyl (C=O) groups excluding carboxylic acids is 2. The number of hydrogen-bond donors (Lipinski definition) is 3. The van der Waals surface area contributed by atoms with Crippen molar-refractivity contribution in [1.82, 2.24) is 20.1 Å². The quantitative estimate of drug-likeness (QED) is 0.687. The third-order valence-corrected chi connectivity index (χ3v) is 5.08. The Hall–Kier alpha value is -2.90. The Kier molecular flexibility index (Phi) is 6.85. The summed E-state index contributed by atoms with van der Waals surface area (Å²) in [5.41, 5.74) is 1.26. The molecule has 2 aromatic rings. The van der Waals surface area contributed by atoms with Crippen molar-refractivity contribution in [2.24, 2.45) is 5.92 Å². The molecule has 1 aromatic carbocycles. The molecule has 8 heteroatoms. The second-order valence-electron chi connectivity index (χ2n) is 7.72. The number of aryl methyl sites for hydroxylation is 1. The molecule has 156 valence electrons. The Bertz CT molecular complexity index is 861. The van der Waals surface area contributed by atoms with Gasteiger partial charge in [0.05, 0.1) is 6.04 Å². The molecule has 0 spiro atoms. The minimum atomic E-state index is -0.310. The lowest BCUT2D eigenvalue weighted by molar-refractivity contribution is -0.118. The van der Waals surface area contributed by atoms with E-state index in [0.29, 0.717) is 11.4 Å². The van der Waals surface area contributed by atoms with E-state index in [9.17, 15) is 9.59 Å². The summed E-state index contributed by atoms with van der Waals surface area (Å²) < 4.78 is 2.16. The molecule has 0 unspecified atom stereocenters. The zero-order valence-corrected chi connectivity index (χ0v) is 17.4. The van der Waals surface area contributed by atoms with Gasteiger partial charge in [-0.1, -0.05) is 33.3 Å². The van der Waals surface area contributed by atoms with Crippen LogP contribution >= 0.6 is 0 Å². The maximum Gasteiger partial charge on any atom is 0.319 e. The first-order valence-corrected chi connectivity index (χ1v) is 10.4. The van der Waals surface area contributed by atoms with E-state index in [0.717, 1.165) is 43.9 Å². The van der Waals surface area contributed by atoms with Crippen LogP contribution in [0.15, 0.2) is 24.3 Å². The Morgan fingerprint density at radius 3 is 2.59 bits per heavy atom. The molecule has 3 rings (SSSR count). The summed E-state index contributed by atoms with van der Waals surface area (Å²) in [4.78, 5) is 24.5. The molecule has 0 fully saturated rings. The van der Waals surface area contributed by atoms with E-state index < -0.39 is 0 Å². The number of anilines is 2. The molecule has 8 nitrogen and oxygen atoms in total. The van der Waals surface area contributed by atoms with Crippen LogP contribution in [-0.2, 0) is 17.8 Å². The second kappa shape index (κ2) is 9.54. The third-order valence-electron chi connectivity index (χ3n) is 5.08. The van der Waals surface area contributed by atoms with Gasteiger partial charge in [0, 0.05) is 30.3 Å². The van der Waals surface area contributed by atoms with E-state index in [1.807, 2.05) is 20.8 Å². The smallest absolute Gasteiger partial charge is 0.319 e. The highest BCUT2D eigenvalue weighted by atomic mass is 16.2. The molecule has 1 aromatic heterocycles. The van der Waals surface area contributed by atoms with Crippen molar-refractivity contribution < 1.29 is 9.59 Å². The molecule has 1 atom stereocenters. The zero-order chi connectivity index (χ0) is 20.8. The van der Waals surface area contributed by atoms with Crippen molar-refractivity contribution in [1.29, 1.82) is 0 Å². The fourth-order valence-corrected chi connectivity index (χ4v) is 3.40. The number of hydrogen-bond acceptors (Lipinski definition) is 4. The van der Waals surface area contributed by atoms with E-state index in [1.54, 1.807) is 24.3 Å². The number of fused-ring (bicyclic) bond motifs is 1. The van der Waals surface area contributed by atoms with E-state index >= 15 is 0 Å². The van der Waals surface area contributed by atoms with Crippen molar-refractivity contribution in [3.05, 3.63) is 35.9 Å². The van der Waals surface area contributed by atoms with Gasteiger partial charge in [-0.25, -0.2) is 4.79 Å². The number of carbonyl (C=O) groups is 2. The van der Waals surface area contributed by atoms with Crippen LogP contribution in [0.4, 0.5) is 16.2 Å². The molecule has 3 amide bonds. The molecule has 0 saturated carbocycles. The van der Waals surface area contributed by atoms with Crippen LogP contribution in [0.3, 0.4) is 0 Å². The molecule has 0 radical (unpaired) electrons. The van der Waals surface area contributed by atoms with Gasteiger partial charge in [0.25, 0.3) is 0 Å². The minimum Gasteiger partial charge on any atom is -0.328 e. The lowest BCUT2D eigenvalue weighted by Gasteiger charge is -2.18. The largest absolute Gasteiger partial charge is 0.328 e. The number of nitrogens with one attached hydrogen (secondary N) is 3. The van der Waals surface area contributed by atoms with Crippen LogP contribution in [0.1, 0.15) is 64.1 Å². The van der Waals surface area contributed by atoms with E-state index in [-0.39, 0.29) is 23.9 Å². The minimum absolute atomic E-state index is 0.0647. The summed E-state index contributed by atoms with van der Waals surface area (Å²) in [7, 11) is 0. The number of aromatic nitrogens is 3. The first-order valence-electron chi connectivity index (χ1n) is 10.4. The summed E-state index contributed by atoms with van der Waals surface area (Å²) in [6.45, 7) is 6.59. The van der Waals surface area contributed by atoms with E-state index in [4.69, 9.17) is 0 Å². The average molecular weight is 399 g/mol. The van der Waals surface area contributed by atoms with Gasteiger partial charge in [0.2, 0.25) is 5.91 Å². The zero-order valence-electron chi connectivity index (χ0n) is 17.4. The monoisotopic (exact) mass is 398 g/mol. The topological polar surface area (TPSA) is 101 Å². The van der Waals surface area contributed by atoms with Crippen molar-refractivity contribution in [3.8, 4) is 0 Å². The number of benzene rings is 1. The van der Waals surface area contributed by atoms with Crippen molar-refractivity contribution >= 4 is 23.3 Å². The molecule has 0 saturated heterocycles. The molecule has 1 aliphatic rings. The lowest BCUT2D eigenvalue weighted by Crippen LogP contribution is -2.34. The fourth-order valence-electron chi connectivity index (χ4n) is 3.40. The molecule has 2 heterocycles. The summed E-state index contributed by atoms with van der Waals surface area (Å²) in [6.07, 6.45) is 5.08. The van der Waals surface area contributed by atoms with Gasteiger partial charge in [0.1, 0.15) is 5.82 Å². The van der Waals surface area contributed by atoms with Gasteiger partial charge in [-0.05, 0) is 37.5 Å². The molecule has 0 aliphatic carbocycles. The summed E-state index contributed by atoms with van der Waals surface area (Å²) in [5.74, 6) is 1.65. The van der Waals surface area contributed by atoms with Gasteiger partial charge in [-0.15, -0.1) is 10.2 Å². The van der Waals surface area contributed by atoms with Crippen molar-refractivity contribution in [2.45, 2.75) is 65.5 Å². The van der Waals surface area contributed by atoms with Gasteiger partial charge in [0.15, 0.2) is 5.82 Å². The molecular formula is C21H30N6O2. The van der Waals surface area contributed by atoms with Gasteiger partial charge in [-0.3, -0.25) is 4.79 Å². The van der Waals surface area contributed by atoms with Crippen LogP contribution < -0.4 is 16.0 Å². The average Bonchev–Trinajstić information content (AvgIpc) is 2.94. The molecule has 0 bridgehead atoms. The summed E-state index contributed by atoms with van der Waals surface area (Å²) in [5, 5.41) is 17.4. The van der Waals surface area contributed by atoms with Crippen LogP contribution in [0, 0.1) is 5.92 Å². The molecule has 1 aliphatic heterocycles. The molecular weight excluding hydrogens is 368 g/mol. The molecule has 29 heavy (non-hydrogen) atoms. The maximum atomic E-state index is 12.6. The van der Waals surface area contributed by atoms with Crippen LogP contribution in [0.25, 0.3) is 0 Å². The van der Waals surface area contributed by atoms with Crippen LogP contribution in [0.5, 0.6) is 0 Å². The summed E-state index contributed by atoms with van der Waals surface area (Å²) in [6, 6.07) is 6.59. The Morgan fingerprint density at radius 1 is 1.10 bits per heavy atom. The Labute approximate surface area is 171 Å². The van der Waals surface area contributed by atoms with Crippen molar-refractivity contribution in [2.75, 3.05) is 10.6 Å². The highest BCUT2D eigenvalue weighted by Crippen LogP contribution is 2.21. The predicted molar refractivity (Wildman–Crippen MR) is 113 cm³/mol. The number of urea groups is 1. The first kappa shape index (κ1) is 20.8. The summed E-state index contributed by atoms with van der Waals surface area (Å²) >= 11 is 0. The Morgan fingerprint density at radius 2 is 1.86 bits per heavy atom. The normalized spacial score (nSPS) is 14.6. The maximum absolute atomic E-state index is 12.6. The fraction of sp³-hybridized carbons (Fsp3) is 0.524. The van der Waals surface area contributed by atoms with Crippen LogP contribution in [0.2, 0.25) is 0 Å². The van der Waals surface area contributed by atoms with Crippen molar-refractivity contribution in [3.63, 3.8) is 0 Å². The van der Waals surface area contributed by atoms with E-state index in [2.05, 4.69) is 30.7 Å². The standard InChI is InChI=1S/C21H30N6O2/c1-4-17(19-26-25-18-11-6-5-7-12-27(18)19)24-21(29)23-16-10-8-9-15(13-16)22-20(28)14(2)3/h8-10,13-14,17H,4-7,11-12H2,1-3H3,(H,22,28)(H2,23,24,29)/t17-/m0/s1. The van der Waals surface area contributed by atoms with Gasteiger partial charge >= 0.3 is 6.03 Å². The SMILES string of the molecule is CC[C@H](NC(=O)Nc1cccc(NC(=O)C(C)C)c1)c1nnc2n1CCCCC2. The predicted octanol–water partition coefficient (Wildman–Crippen LogP) is 3.87. The van der Waals surface area contributed by atoms with E-state index in [1.165, 1.54) is 6.42 Å². The van der Waals surface area contributed by atoms with Crippen LogP contribution in [-0.4, -0.2) is 26.7 Å². The lowest BCUT2D eigenvalue weighted by atomic mass is 10.2. The van der Waals surface area contributed by atoms with Gasteiger partial charge < -0.3 is 20.5 Å². The third kappa shape index (κ3) is 5.34. The number of rotatable bonds is 6. The number of nitrogens with zero attached hydrogens (tertiary/aromatic N) is 3. The first-order chi connectivity index (χ1) is 14.0. The number of amides is 3. The highest BCUT2D eigenvalue weighted by molar-refractivity contribution is 5.94.